The van der Waals surface area contributed by atoms with Crippen LogP contribution in [0.3, 0.4) is 0 Å². The second kappa shape index (κ2) is 9.18. The number of carbonyl (C=O) groups excluding carboxylic acids is 1. The van der Waals surface area contributed by atoms with Gasteiger partial charge < -0.3 is 16.2 Å². The van der Waals surface area contributed by atoms with Crippen molar-refractivity contribution in [3.05, 3.63) is 65.2 Å². The summed E-state index contributed by atoms with van der Waals surface area (Å²) in [6.45, 7) is 2.22. The summed E-state index contributed by atoms with van der Waals surface area (Å²) in [5, 5.41) is 12.3. The number of para-hydroxylation sites is 1. The van der Waals surface area contributed by atoms with Crippen molar-refractivity contribution in [2.24, 2.45) is 0 Å². The van der Waals surface area contributed by atoms with Crippen LogP contribution in [0, 0.1) is 0 Å². The number of hydrogen-bond donors (Lipinski definition) is 3. The second-order valence-corrected chi connectivity index (χ2v) is 5.39. The van der Waals surface area contributed by atoms with Crippen molar-refractivity contribution in [3.8, 4) is 0 Å². The number of carbonyl (C=O) groups is 1. The average Bonchev–Trinajstić information content (AvgIpc) is 2.52. The number of nitrogens with two attached hydrogens (primary N) is 1. The highest BCUT2D eigenvalue weighted by molar-refractivity contribution is 5.85. The summed E-state index contributed by atoms with van der Waals surface area (Å²) in [5.41, 5.74) is 9.46. The number of rotatable bonds is 6. The third-order valence-electron chi connectivity index (χ3n) is 3.63. The zero-order chi connectivity index (χ0) is 15.9. The number of aliphatic hydroxyl groups excluding tert-OH is 1. The first kappa shape index (κ1) is 19.0. The topological polar surface area (TPSA) is 75.3 Å². The van der Waals surface area contributed by atoms with E-state index in [-0.39, 0.29) is 18.3 Å². The van der Waals surface area contributed by atoms with Crippen LogP contribution in [0.25, 0.3) is 0 Å². The molecule has 0 saturated carbocycles. The highest BCUT2D eigenvalue weighted by Crippen LogP contribution is 2.14. The lowest BCUT2D eigenvalue weighted by molar-refractivity contribution is -0.121. The van der Waals surface area contributed by atoms with Gasteiger partial charge in [0.1, 0.15) is 0 Å². The minimum Gasteiger partial charge on any atom is -0.399 e. The maximum Gasteiger partial charge on any atom is 0.220 e. The molecule has 2 aromatic carbocycles. The Morgan fingerprint density at radius 2 is 1.83 bits per heavy atom. The lowest BCUT2D eigenvalue weighted by Gasteiger charge is -2.08. The summed E-state index contributed by atoms with van der Waals surface area (Å²) in [6.07, 6.45) is 0.583. The lowest BCUT2D eigenvalue weighted by atomic mass is 10.1. The quantitative estimate of drug-likeness (QED) is 0.711. The molecule has 23 heavy (non-hydrogen) atoms. The van der Waals surface area contributed by atoms with E-state index in [1.165, 1.54) is 0 Å². The molecule has 2 aromatic rings. The van der Waals surface area contributed by atoms with Gasteiger partial charge in [-0.15, -0.1) is 12.4 Å². The Morgan fingerprint density at radius 1 is 1.17 bits per heavy atom. The molecule has 0 aliphatic heterocycles. The molecule has 1 unspecified atom stereocenters. The van der Waals surface area contributed by atoms with Gasteiger partial charge in [0.05, 0.1) is 6.10 Å². The smallest absolute Gasteiger partial charge is 0.220 e. The predicted molar refractivity (Wildman–Crippen MR) is 95.3 cm³/mol. The van der Waals surface area contributed by atoms with Gasteiger partial charge in [-0.3, -0.25) is 4.79 Å². The largest absolute Gasteiger partial charge is 0.399 e. The Morgan fingerprint density at radius 3 is 2.43 bits per heavy atom. The van der Waals surface area contributed by atoms with Crippen molar-refractivity contribution >= 4 is 24.0 Å². The maximum atomic E-state index is 11.9. The maximum absolute atomic E-state index is 11.9. The molecular formula is C18H23ClN2O2. The fourth-order valence-corrected chi connectivity index (χ4v) is 2.21. The molecule has 124 valence electrons. The second-order valence-electron chi connectivity index (χ2n) is 5.39. The SMILES string of the molecule is CC(O)c1ccc(CNC(=O)CCc2ccccc2N)cc1.Cl. The molecule has 0 bridgehead atoms. The van der Waals surface area contributed by atoms with Gasteiger partial charge >= 0.3 is 0 Å². The Kier molecular flexibility index (Phi) is 7.59. The Labute approximate surface area is 143 Å². The van der Waals surface area contributed by atoms with Crippen LogP contribution in [0.1, 0.15) is 36.1 Å². The summed E-state index contributed by atoms with van der Waals surface area (Å²) in [5.74, 6) is 0.00264. The Balaban J connectivity index is 0.00000264. The number of amides is 1. The number of nitrogens with one attached hydrogen (secondary N) is 1. The molecule has 0 aromatic heterocycles. The third kappa shape index (κ3) is 5.93. The van der Waals surface area contributed by atoms with E-state index in [2.05, 4.69) is 5.32 Å². The van der Waals surface area contributed by atoms with Gasteiger partial charge in [0.15, 0.2) is 0 Å². The number of benzene rings is 2. The zero-order valence-electron chi connectivity index (χ0n) is 13.2. The molecule has 0 heterocycles. The first-order chi connectivity index (χ1) is 10.6. The van der Waals surface area contributed by atoms with Gasteiger partial charge in [-0.05, 0) is 36.1 Å². The first-order valence-electron chi connectivity index (χ1n) is 7.43. The summed E-state index contributed by atoms with van der Waals surface area (Å²) >= 11 is 0. The predicted octanol–water partition coefficient (Wildman–Crippen LogP) is 2.99. The van der Waals surface area contributed by atoms with E-state index >= 15 is 0 Å². The van der Waals surface area contributed by atoms with Crippen molar-refractivity contribution in [1.82, 2.24) is 5.32 Å². The molecule has 1 amide bonds. The Bertz CT molecular complexity index is 627. The van der Waals surface area contributed by atoms with Crippen LogP contribution < -0.4 is 11.1 Å². The number of halogens is 1. The van der Waals surface area contributed by atoms with E-state index in [1.54, 1.807) is 6.92 Å². The highest BCUT2D eigenvalue weighted by Gasteiger charge is 2.05. The van der Waals surface area contributed by atoms with Gasteiger partial charge in [-0.25, -0.2) is 0 Å². The average molecular weight is 335 g/mol. The van der Waals surface area contributed by atoms with Crippen LogP contribution in [0.4, 0.5) is 5.69 Å². The van der Waals surface area contributed by atoms with Crippen LogP contribution in [0.5, 0.6) is 0 Å². The van der Waals surface area contributed by atoms with Gasteiger partial charge in [-0.1, -0.05) is 42.5 Å². The minimum atomic E-state index is -0.472. The molecule has 4 nitrogen and oxygen atoms in total. The molecule has 0 saturated heterocycles. The summed E-state index contributed by atoms with van der Waals surface area (Å²) in [4.78, 5) is 11.9. The van der Waals surface area contributed by atoms with E-state index < -0.39 is 6.10 Å². The first-order valence-corrected chi connectivity index (χ1v) is 7.43. The van der Waals surface area contributed by atoms with Crippen molar-refractivity contribution in [2.75, 3.05) is 5.73 Å². The van der Waals surface area contributed by atoms with Gasteiger partial charge in [0.2, 0.25) is 5.91 Å². The molecule has 2 rings (SSSR count). The lowest BCUT2D eigenvalue weighted by Crippen LogP contribution is -2.23. The molecule has 0 spiro atoms. The van der Waals surface area contributed by atoms with Crippen LogP contribution >= 0.6 is 12.4 Å². The molecule has 5 heteroatoms. The van der Waals surface area contributed by atoms with Gasteiger partial charge in [0.25, 0.3) is 0 Å². The van der Waals surface area contributed by atoms with Crippen molar-refractivity contribution in [1.29, 1.82) is 0 Å². The summed E-state index contributed by atoms with van der Waals surface area (Å²) in [6, 6.07) is 15.2. The number of nitrogen functional groups attached to an aromatic ring is 1. The number of aryl methyl sites for hydroxylation is 1. The van der Waals surface area contributed by atoms with Gasteiger partial charge in [0, 0.05) is 18.7 Å². The van der Waals surface area contributed by atoms with E-state index in [4.69, 9.17) is 5.73 Å². The number of aliphatic hydroxyl groups is 1. The van der Waals surface area contributed by atoms with Crippen LogP contribution in [0.15, 0.2) is 48.5 Å². The molecule has 0 radical (unpaired) electrons. The molecule has 0 fully saturated rings. The van der Waals surface area contributed by atoms with E-state index in [0.29, 0.717) is 19.4 Å². The van der Waals surface area contributed by atoms with Crippen molar-refractivity contribution < 1.29 is 9.90 Å². The summed E-state index contributed by atoms with van der Waals surface area (Å²) in [7, 11) is 0. The molecule has 1 atom stereocenters. The van der Waals surface area contributed by atoms with Crippen LogP contribution in [-0.2, 0) is 17.8 Å². The normalized spacial score (nSPS) is 11.4. The van der Waals surface area contributed by atoms with E-state index in [1.807, 2.05) is 48.5 Å². The molecule has 0 aliphatic carbocycles. The van der Waals surface area contributed by atoms with E-state index in [0.717, 1.165) is 22.4 Å². The van der Waals surface area contributed by atoms with E-state index in [9.17, 15) is 9.90 Å². The van der Waals surface area contributed by atoms with Gasteiger partial charge in [-0.2, -0.15) is 0 Å². The number of anilines is 1. The fraction of sp³-hybridized carbons (Fsp3) is 0.278. The molecule has 0 aliphatic rings. The monoisotopic (exact) mass is 334 g/mol. The highest BCUT2D eigenvalue weighted by atomic mass is 35.5. The third-order valence-corrected chi connectivity index (χ3v) is 3.63. The molecular weight excluding hydrogens is 312 g/mol. The summed E-state index contributed by atoms with van der Waals surface area (Å²) < 4.78 is 0. The zero-order valence-corrected chi connectivity index (χ0v) is 14.0. The Hall–Kier alpha value is -2.04. The minimum absolute atomic E-state index is 0. The van der Waals surface area contributed by atoms with Crippen LogP contribution in [-0.4, -0.2) is 11.0 Å². The number of hydrogen-bond acceptors (Lipinski definition) is 3. The molecule has 4 N–H and O–H groups in total. The van der Waals surface area contributed by atoms with Crippen molar-refractivity contribution in [2.45, 2.75) is 32.4 Å². The standard InChI is InChI=1S/C18H22N2O2.ClH/c1-13(21)15-8-6-14(7-9-15)12-20-18(22)11-10-16-4-2-3-5-17(16)19;/h2-9,13,21H,10-12,19H2,1H3,(H,20,22);1H. The fourth-order valence-electron chi connectivity index (χ4n) is 2.21. The van der Waals surface area contributed by atoms with Crippen LogP contribution in [0.2, 0.25) is 0 Å². The van der Waals surface area contributed by atoms with Crippen molar-refractivity contribution in [3.63, 3.8) is 0 Å².